The molecule has 0 radical (unpaired) electrons. The highest BCUT2D eigenvalue weighted by Gasteiger charge is 2.35. The van der Waals surface area contributed by atoms with Crippen molar-refractivity contribution in [1.29, 1.82) is 0 Å². The minimum Gasteiger partial charge on any atom is -0.369 e. The molecule has 128 valence electrons. The second kappa shape index (κ2) is 6.05. The Kier molecular flexibility index (Phi) is 3.98. The first-order valence-electron chi connectivity index (χ1n) is 7.73. The lowest BCUT2D eigenvalue weighted by Crippen LogP contribution is -2.13. The highest BCUT2D eigenvalue weighted by atomic mass is 127. The summed E-state index contributed by atoms with van der Waals surface area (Å²) in [5, 5.41) is 7.71. The van der Waals surface area contributed by atoms with Gasteiger partial charge in [0.1, 0.15) is 5.82 Å². The molecule has 2 heterocycles. The Labute approximate surface area is 156 Å². The first-order valence-corrected chi connectivity index (χ1v) is 8.81. The molecule has 0 spiro atoms. The van der Waals surface area contributed by atoms with Crippen LogP contribution in [0.5, 0.6) is 0 Å². The van der Waals surface area contributed by atoms with Crippen LogP contribution in [-0.2, 0) is 12.6 Å². The molecule has 1 aliphatic rings. The molecular formula is C18H13F3IN3. The number of fused-ring (bicyclic) bond motifs is 1. The topological polar surface area (TPSA) is 29.9 Å². The van der Waals surface area contributed by atoms with Crippen molar-refractivity contribution in [3.63, 3.8) is 0 Å². The van der Waals surface area contributed by atoms with Crippen molar-refractivity contribution < 1.29 is 13.2 Å². The van der Waals surface area contributed by atoms with Gasteiger partial charge in [-0.1, -0.05) is 24.3 Å². The maximum absolute atomic E-state index is 13.4. The van der Waals surface area contributed by atoms with Crippen molar-refractivity contribution in [1.82, 2.24) is 9.78 Å². The Morgan fingerprint density at radius 2 is 1.76 bits per heavy atom. The molecule has 3 aromatic rings. The van der Waals surface area contributed by atoms with E-state index in [1.807, 2.05) is 24.3 Å². The van der Waals surface area contributed by atoms with Crippen molar-refractivity contribution in [3.05, 3.63) is 63.2 Å². The van der Waals surface area contributed by atoms with Crippen molar-refractivity contribution in [2.45, 2.75) is 12.6 Å². The summed E-state index contributed by atoms with van der Waals surface area (Å²) >= 11 is 2.22. The van der Waals surface area contributed by atoms with E-state index >= 15 is 0 Å². The van der Waals surface area contributed by atoms with Gasteiger partial charge in [0.05, 0.1) is 16.9 Å². The lowest BCUT2D eigenvalue weighted by molar-refractivity contribution is -0.137. The first-order chi connectivity index (χ1) is 11.9. The second-order valence-corrected chi connectivity index (χ2v) is 7.03. The fraction of sp³-hybridized carbons (Fsp3) is 0.167. The van der Waals surface area contributed by atoms with Crippen LogP contribution >= 0.6 is 22.6 Å². The van der Waals surface area contributed by atoms with Gasteiger partial charge in [-0.25, -0.2) is 4.68 Å². The van der Waals surface area contributed by atoms with Gasteiger partial charge in [-0.2, -0.15) is 18.3 Å². The monoisotopic (exact) mass is 455 g/mol. The van der Waals surface area contributed by atoms with Gasteiger partial charge in [-0.3, -0.25) is 0 Å². The highest BCUT2D eigenvalue weighted by Crippen LogP contribution is 2.39. The van der Waals surface area contributed by atoms with E-state index in [-0.39, 0.29) is 5.69 Å². The average Bonchev–Trinajstić information content (AvgIpc) is 3.17. The zero-order valence-electron chi connectivity index (χ0n) is 12.9. The van der Waals surface area contributed by atoms with E-state index in [0.29, 0.717) is 12.4 Å². The van der Waals surface area contributed by atoms with Gasteiger partial charge in [-0.05, 0) is 53.3 Å². The summed E-state index contributed by atoms with van der Waals surface area (Å²) in [7, 11) is 0. The van der Waals surface area contributed by atoms with Crippen LogP contribution in [0, 0.1) is 3.57 Å². The van der Waals surface area contributed by atoms with Crippen LogP contribution in [0.3, 0.4) is 0 Å². The Bertz CT molecular complexity index is 930. The summed E-state index contributed by atoms with van der Waals surface area (Å²) in [5.74, 6) is 0.644. The van der Waals surface area contributed by atoms with Crippen molar-refractivity contribution in [2.75, 3.05) is 11.9 Å². The molecule has 25 heavy (non-hydrogen) atoms. The smallest absolute Gasteiger partial charge is 0.369 e. The Hall–Kier alpha value is -2.03. The van der Waals surface area contributed by atoms with Gasteiger partial charge >= 0.3 is 6.18 Å². The standard InChI is InChI=1S/C18H13F3IN3/c19-18(20,21)14-3-1-2-4-15(14)25-17-13(9-10-23-17)16(24-25)11-5-7-12(22)8-6-11/h1-8,23H,9-10H2. The van der Waals surface area contributed by atoms with E-state index in [0.717, 1.165) is 32.9 Å². The molecule has 0 unspecified atom stereocenters. The van der Waals surface area contributed by atoms with Gasteiger partial charge in [-0.15, -0.1) is 0 Å². The van der Waals surface area contributed by atoms with Crippen molar-refractivity contribution in [3.8, 4) is 16.9 Å². The van der Waals surface area contributed by atoms with Crippen LogP contribution in [0.1, 0.15) is 11.1 Å². The first kappa shape index (κ1) is 16.4. The zero-order chi connectivity index (χ0) is 17.6. The normalized spacial score (nSPS) is 13.6. The third-order valence-corrected chi connectivity index (χ3v) is 4.93. The molecule has 0 bridgehead atoms. The number of benzene rings is 2. The number of hydrogen-bond acceptors (Lipinski definition) is 2. The fourth-order valence-corrected chi connectivity index (χ4v) is 3.45. The van der Waals surface area contributed by atoms with E-state index in [9.17, 15) is 13.2 Å². The van der Waals surface area contributed by atoms with E-state index in [2.05, 4.69) is 33.0 Å². The summed E-state index contributed by atoms with van der Waals surface area (Å²) in [4.78, 5) is 0. The van der Waals surface area contributed by atoms with Crippen molar-refractivity contribution in [2.24, 2.45) is 0 Å². The van der Waals surface area contributed by atoms with E-state index < -0.39 is 11.7 Å². The lowest BCUT2D eigenvalue weighted by Gasteiger charge is -2.14. The predicted octanol–water partition coefficient (Wildman–Crippen LogP) is 5.13. The summed E-state index contributed by atoms with van der Waals surface area (Å²) in [5.41, 5.74) is 1.94. The van der Waals surface area contributed by atoms with Crippen LogP contribution in [-0.4, -0.2) is 16.3 Å². The minimum absolute atomic E-state index is 0.0393. The molecule has 4 rings (SSSR count). The number of alkyl halides is 3. The maximum atomic E-state index is 13.4. The summed E-state index contributed by atoms with van der Waals surface area (Å²) in [6.45, 7) is 0.693. The van der Waals surface area contributed by atoms with E-state index in [4.69, 9.17) is 0 Å². The largest absolute Gasteiger partial charge is 0.418 e. The molecule has 1 N–H and O–H groups in total. The van der Waals surface area contributed by atoms with Crippen LogP contribution in [0.2, 0.25) is 0 Å². The van der Waals surface area contributed by atoms with Crippen molar-refractivity contribution >= 4 is 28.4 Å². The summed E-state index contributed by atoms with van der Waals surface area (Å²) in [6, 6.07) is 13.4. The van der Waals surface area contributed by atoms with E-state index in [1.54, 1.807) is 6.07 Å². The van der Waals surface area contributed by atoms with Crippen LogP contribution < -0.4 is 5.32 Å². The molecule has 0 atom stereocenters. The molecule has 0 aliphatic carbocycles. The Morgan fingerprint density at radius 3 is 2.48 bits per heavy atom. The molecule has 0 saturated carbocycles. The third-order valence-electron chi connectivity index (χ3n) is 4.21. The highest BCUT2D eigenvalue weighted by molar-refractivity contribution is 14.1. The van der Waals surface area contributed by atoms with E-state index in [1.165, 1.54) is 16.8 Å². The number of nitrogens with zero attached hydrogens (tertiary/aromatic N) is 2. The second-order valence-electron chi connectivity index (χ2n) is 5.79. The van der Waals surface area contributed by atoms with Gasteiger partial charge in [0.25, 0.3) is 0 Å². The maximum Gasteiger partial charge on any atom is 0.418 e. The molecule has 0 fully saturated rings. The minimum atomic E-state index is -4.43. The zero-order valence-corrected chi connectivity index (χ0v) is 15.1. The van der Waals surface area contributed by atoms with Gasteiger partial charge < -0.3 is 5.32 Å². The number of para-hydroxylation sites is 1. The Morgan fingerprint density at radius 1 is 1.04 bits per heavy atom. The molecule has 3 nitrogen and oxygen atoms in total. The molecule has 7 heteroatoms. The number of rotatable bonds is 2. The number of aromatic nitrogens is 2. The predicted molar refractivity (Wildman–Crippen MR) is 98.9 cm³/mol. The van der Waals surface area contributed by atoms with Gasteiger partial charge in [0.2, 0.25) is 0 Å². The number of nitrogens with one attached hydrogen (secondary N) is 1. The molecule has 1 aliphatic heterocycles. The average molecular weight is 455 g/mol. The number of anilines is 1. The molecule has 2 aromatic carbocycles. The third kappa shape index (κ3) is 2.90. The molecular weight excluding hydrogens is 442 g/mol. The molecule has 0 amide bonds. The molecule has 0 saturated heterocycles. The number of halogens is 4. The Balaban J connectivity index is 1.91. The number of hydrogen-bond donors (Lipinski definition) is 1. The quantitative estimate of drug-likeness (QED) is 0.544. The molecule has 1 aromatic heterocycles. The summed E-state index contributed by atoms with van der Waals surface area (Å²) in [6.07, 6.45) is -3.69. The van der Waals surface area contributed by atoms with Gasteiger partial charge in [0.15, 0.2) is 0 Å². The lowest BCUT2D eigenvalue weighted by atomic mass is 10.1. The SMILES string of the molecule is FC(F)(F)c1ccccc1-n1nc(-c2ccc(I)cc2)c2c1NCC2. The van der Waals surface area contributed by atoms with Crippen LogP contribution in [0.25, 0.3) is 16.9 Å². The summed E-state index contributed by atoms with van der Waals surface area (Å²) < 4.78 is 42.7. The van der Waals surface area contributed by atoms with Crippen LogP contribution in [0.4, 0.5) is 19.0 Å². The van der Waals surface area contributed by atoms with Crippen LogP contribution in [0.15, 0.2) is 48.5 Å². The van der Waals surface area contributed by atoms with Gasteiger partial charge in [0, 0.05) is 21.2 Å². The fourth-order valence-electron chi connectivity index (χ4n) is 3.09.